The summed E-state index contributed by atoms with van der Waals surface area (Å²) in [6, 6.07) is 1.94. The molecular formula is C20H24F6N4O2. The summed E-state index contributed by atoms with van der Waals surface area (Å²) >= 11 is 0. The molecule has 1 aliphatic carbocycles. The molecule has 1 saturated carbocycles. The number of rotatable bonds is 8. The third-order valence-corrected chi connectivity index (χ3v) is 5.75. The van der Waals surface area contributed by atoms with Crippen molar-refractivity contribution in [1.82, 2.24) is 15.3 Å². The molecule has 6 nitrogen and oxygen atoms in total. The number of nitrogens with one attached hydrogen (secondary N) is 2. The number of methoxy groups -OCH3 is 1. The summed E-state index contributed by atoms with van der Waals surface area (Å²) in [5, 5.41) is 1.50. The Kier molecular flexibility index (Phi) is 7.33. The smallest absolute Gasteiger partial charge is 0.287 e. The van der Waals surface area contributed by atoms with Gasteiger partial charge in [-0.3, -0.25) is 4.79 Å². The van der Waals surface area contributed by atoms with E-state index in [0.29, 0.717) is 0 Å². The van der Waals surface area contributed by atoms with Crippen molar-refractivity contribution in [3.05, 3.63) is 29.3 Å². The van der Waals surface area contributed by atoms with Gasteiger partial charge in [0.05, 0.1) is 24.1 Å². The Balaban J connectivity index is 1.86. The molecule has 178 valence electrons. The molecule has 0 spiro atoms. The van der Waals surface area contributed by atoms with Gasteiger partial charge in [-0.2, -0.15) is 0 Å². The third-order valence-electron chi connectivity index (χ3n) is 5.75. The lowest BCUT2D eigenvalue weighted by Crippen LogP contribution is -2.40. The number of imidazole rings is 1. The van der Waals surface area contributed by atoms with E-state index in [2.05, 4.69) is 9.97 Å². The average molecular weight is 466 g/mol. The van der Waals surface area contributed by atoms with Crippen LogP contribution in [0, 0.1) is 11.7 Å². The number of aromatic nitrogens is 2. The average Bonchev–Trinajstić information content (AvgIpc) is 3.17. The van der Waals surface area contributed by atoms with Crippen molar-refractivity contribution in [2.45, 2.75) is 56.3 Å². The lowest BCUT2D eigenvalue weighted by molar-refractivity contribution is -0.127. The quantitative estimate of drug-likeness (QED) is 0.406. The van der Waals surface area contributed by atoms with Crippen LogP contribution in [0.15, 0.2) is 12.1 Å². The van der Waals surface area contributed by atoms with Crippen LogP contribution in [0.2, 0.25) is 0 Å². The second kappa shape index (κ2) is 9.65. The Morgan fingerprint density at radius 1 is 1.31 bits per heavy atom. The van der Waals surface area contributed by atoms with Gasteiger partial charge < -0.3 is 20.8 Å². The number of alkyl halides is 5. The molecule has 1 aromatic carbocycles. The van der Waals surface area contributed by atoms with E-state index in [4.69, 9.17) is 10.5 Å². The van der Waals surface area contributed by atoms with E-state index < -0.39 is 48.9 Å². The highest BCUT2D eigenvalue weighted by molar-refractivity contribution is 5.86. The zero-order chi connectivity index (χ0) is 23.6. The second-order valence-corrected chi connectivity index (χ2v) is 7.96. The van der Waals surface area contributed by atoms with Gasteiger partial charge in [0, 0.05) is 25.5 Å². The Morgan fingerprint density at radius 3 is 2.56 bits per heavy atom. The lowest BCUT2D eigenvalue weighted by Gasteiger charge is -2.31. The van der Waals surface area contributed by atoms with Crippen molar-refractivity contribution in [2.24, 2.45) is 11.7 Å². The first-order chi connectivity index (χ1) is 15.0. The van der Waals surface area contributed by atoms with Crippen LogP contribution >= 0.6 is 0 Å². The number of hydrogen-bond acceptors (Lipinski definition) is 4. The van der Waals surface area contributed by atoms with Crippen LogP contribution in [0.5, 0.6) is 0 Å². The Bertz CT molecular complexity index is 944. The lowest BCUT2D eigenvalue weighted by atomic mass is 9.82. The minimum absolute atomic E-state index is 0.159. The van der Waals surface area contributed by atoms with Crippen LogP contribution in [0.25, 0.3) is 11.0 Å². The number of nitrogens with zero attached hydrogens (tertiary/aromatic N) is 1. The first-order valence-electron chi connectivity index (χ1n) is 10.1. The summed E-state index contributed by atoms with van der Waals surface area (Å²) in [7, 11) is 1.22. The predicted octanol–water partition coefficient (Wildman–Crippen LogP) is 3.93. The summed E-state index contributed by atoms with van der Waals surface area (Å²) in [4.78, 5) is 19.3. The van der Waals surface area contributed by atoms with Gasteiger partial charge >= 0.3 is 0 Å². The summed E-state index contributed by atoms with van der Waals surface area (Å²) in [5.74, 6) is -6.27. The van der Waals surface area contributed by atoms with Crippen LogP contribution in [0.4, 0.5) is 26.3 Å². The van der Waals surface area contributed by atoms with Crippen LogP contribution in [0.1, 0.15) is 49.0 Å². The topological polar surface area (TPSA) is 93.0 Å². The molecule has 1 heterocycles. The first kappa shape index (κ1) is 24.3. The zero-order valence-electron chi connectivity index (χ0n) is 17.2. The summed E-state index contributed by atoms with van der Waals surface area (Å²) in [6.07, 6.45) is -6.53. The normalized spacial score (nSPS) is 19.8. The SMILES string of the molecule is COCC(C(=O)NC(F)C(F)F)c1ccc2[nH]c([C@@H](N)C3CCC(F)(F)CC3)nc2c1F. The minimum Gasteiger partial charge on any atom is -0.384 e. The van der Waals surface area contributed by atoms with Gasteiger partial charge in [0.1, 0.15) is 11.3 Å². The van der Waals surface area contributed by atoms with E-state index in [9.17, 15) is 26.7 Å². The molecule has 2 aromatic rings. The van der Waals surface area contributed by atoms with Gasteiger partial charge in [0.15, 0.2) is 5.82 Å². The monoisotopic (exact) mass is 466 g/mol. The molecule has 1 amide bonds. The van der Waals surface area contributed by atoms with Crippen molar-refractivity contribution >= 4 is 16.9 Å². The highest BCUT2D eigenvalue weighted by atomic mass is 19.3. The minimum atomic E-state index is -3.44. The Morgan fingerprint density at radius 2 is 1.97 bits per heavy atom. The van der Waals surface area contributed by atoms with Crippen molar-refractivity contribution in [3.63, 3.8) is 0 Å². The third kappa shape index (κ3) is 5.17. The summed E-state index contributed by atoms with van der Waals surface area (Å²) in [6.45, 7) is -0.392. The molecule has 1 aliphatic rings. The predicted molar refractivity (Wildman–Crippen MR) is 104 cm³/mol. The van der Waals surface area contributed by atoms with E-state index >= 15 is 4.39 Å². The molecule has 0 bridgehead atoms. The van der Waals surface area contributed by atoms with Crippen molar-refractivity contribution in [3.8, 4) is 0 Å². The number of hydrogen-bond donors (Lipinski definition) is 3. The van der Waals surface area contributed by atoms with E-state index in [1.165, 1.54) is 24.6 Å². The number of benzene rings is 1. The number of carbonyl (C=O) groups excluding carboxylic acids is 1. The second-order valence-electron chi connectivity index (χ2n) is 7.96. The molecule has 2 unspecified atom stereocenters. The van der Waals surface area contributed by atoms with Crippen LogP contribution in [-0.2, 0) is 9.53 Å². The van der Waals surface area contributed by atoms with Gasteiger partial charge in [-0.05, 0) is 24.8 Å². The molecule has 32 heavy (non-hydrogen) atoms. The van der Waals surface area contributed by atoms with E-state index in [-0.39, 0.29) is 54.0 Å². The van der Waals surface area contributed by atoms with E-state index in [0.717, 1.165) is 0 Å². The fourth-order valence-corrected chi connectivity index (χ4v) is 3.92. The van der Waals surface area contributed by atoms with E-state index in [1.54, 1.807) is 0 Å². The molecule has 3 rings (SSSR count). The van der Waals surface area contributed by atoms with Gasteiger partial charge in [0.2, 0.25) is 18.1 Å². The molecule has 1 aromatic heterocycles. The number of amides is 1. The van der Waals surface area contributed by atoms with Crippen molar-refractivity contribution < 1.29 is 35.9 Å². The molecular weight excluding hydrogens is 442 g/mol. The number of fused-ring (bicyclic) bond motifs is 1. The molecule has 0 aliphatic heterocycles. The standard InChI is InChI=1S/C20H24F6N4O2/c1-32-8-11(19(31)30-17(24)16(22)23)10-2-3-12-15(13(10)21)29-18(28-12)14(27)9-4-6-20(25,26)7-5-9/h2-3,9,11,14,16-17H,4-8,27H2,1H3,(H,28,29)(H,30,31)/t11?,14-,17?/m0/s1. The molecule has 0 saturated heterocycles. The van der Waals surface area contributed by atoms with Crippen LogP contribution < -0.4 is 11.1 Å². The summed E-state index contributed by atoms with van der Waals surface area (Å²) in [5.41, 5.74) is 6.07. The maximum atomic E-state index is 15.2. The molecule has 4 N–H and O–H groups in total. The van der Waals surface area contributed by atoms with Gasteiger partial charge in [-0.25, -0.2) is 31.3 Å². The first-order valence-corrected chi connectivity index (χ1v) is 10.1. The highest BCUT2D eigenvalue weighted by Crippen LogP contribution is 2.40. The Labute approximate surface area is 179 Å². The van der Waals surface area contributed by atoms with Crippen LogP contribution in [0.3, 0.4) is 0 Å². The Hall–Kier alpha value is -2.34. The molecule has 1 fully saturated rings. The van der Waals surface area contributed by atoms with Gasteiger partial charge in [0.25, 0.3) is 6.43 Å². The van der Waals surface area contributed by atoms with Gasteiger partial charge in [-0.15, -0.1) is 0 Å². The molecule has 12 heteroatoms. The molecule has 3 atom stereocenters. The molecule has 0 radical (unpaired) electrons. The number of carbonyl (C=O) groups is 1. The number of H-pyrrole nitrogens is 1. The largest absolute Gasteiger partial charge is 0.384 e. The number of nitrogens with two attached hydrogens (primary N) is 1. The number of aromatic amines is 1. The van der Waals surface area contributed by atoms with Gasteiger partial charge in [-0.1, -0.05) is 6.07 Å². The van der Waals surface area contributed by atoms with Crippen molar-refractivity contribution in [2.75, 3.05) is 13.7 Å². The maximum absolute atomic E-state index is 15.2. The fraction of sp³-hybridized carbons (Fsp3) is 0.600. The fourth-order valence-electron chi connectivity index (χ4n) is 3.92. The van der Waals surface area contributed by atoms with Crippen LogP contribution in [-0.4, -0.2) is 48.2 Å². The summed E-state index contributed by atoms with van der Waals surface area (Å²) < 4.78 is 85.1. The maximum Gasteiger partial charge on any atom is 0.287 e. The zero-order valence-corrected chi connectivity index (χ0v) is 17.2. The number of ether oxygens (including phenoxy) is 1. The van der Waals surface area contributed by atoms with E-state index in [1.807, 2.05) is 0 Å². The number of halogens is 6. The highest BCUT2D eigenvalue weighted by Gasteiger charge is 2.38. The van der Waals surface area contributed by atoms with Crippen molar-refractivity contribution in [1.29, 1.82) is 0 Å².